The Labute approximate surface area is 164 Å². The van der Waals surface area contributed by atoms with Gasteiger partial charge in [-0.2, -0.15) is 0 Å². The van der Waals surface area contributed by atoms with E-state index in [2.05, 4.69) is 0 Å². The zero-order valence-electron chi connectivity index (χ0n) is 13.8. The molecule has 2 aromatic rings. The molecule has 158 valence electrons. The fourth-order valence-corrected chi connectivity index (χ4v) is 2.64. The molecular formula is C15H13ClFNO11. The van der Waals surface area contributed by atoms with Crippen LogP contribution in [0.25, 0.3) is 0 Å². The predicted molar refractivity (Wildman–Crippen MR) is 90.8 cm³/mol. The molecule has 0 atom stereocenters. The number of benzene rings is 2. The van der Waals surface area contributed by atoms with Crippen LogP contribution in [-0.4, -0.2) is 57.0 Å². The third-order valence-electron chi connectivity index (χ3n) is 3.74. The average Bonchev–Trinajstić information content (AvgIpc) is 2.60. The van der Waals surface area contributed by atoms with Gasteiger partial charge in [0.2, 0.25) is 5.75 Å². The topological polar surface area (TPSA) is 231 Å². The van der Waals surface area contributed by atoms with Crippen molar-refractivity contribution in [1.29, 1.82) is 0 Å². The molecule has 0 aliphatic heterocycles. The van der Waals surface area contributed by atoms with Crippen LogP contribution < -0.4 is 5.32 Å². The molecule has 0 bridgehead atoms. The van der Waals surface area contributed by atoms with Crippen molar-refractivity contribution in [1.82, 2.24) is 0 Å². The van der Waals surface area contributed by atoms with E-state index in [1.54, 1.807) is 0 Å². The molecular weight excluding hydrogens is 425 g/mol. The molecule has 0 amide bonds. The summed E-state index contributed by atoms with van der Waals surface area (Å²) in [5, 5.41) is 96.2. The molecule has 0 aromatic heterocycles. The van der Waals surface area contributed by atoms with Crippen molar-refractivity contribution in [2.75, 3.05) is 5.32 Å². The van der Waals surface area contributed by atoms with Crippen LogP contribution in [0.2, 0.25) is 5.02 Å². The third kappa shape index (κ3) is 3.66. The fraction of sp³-hybridized carbons (Fsp3) is 0.133. The molecule has 0 radical (unpaired) electrons. The van der Waals surface area contributed by atoms with E-state index in [-0.39, 0.29) is 0 Å². The number of nitrogens with one attached hydrogen (secondary N) is 1. The fourth-order valence-electron chi connectivity index (χ4n) is 2.42. The summed E-state index contributed by atoms with van der Waals surface area (Å²) in [5.41, 5.74) is -4.37. The molecule has 0 aliphatic rings. The number of aliphatic carboxylic acids is 1. The van der Waals surface area contributed by atoms with Gasteiger partial charge in [0, 0.05) is 5.56 Å². The Bertz CT molecular complexity index is 990. The molecule has 0 fully saturated rings. The van der Waals surface area contributed by atoms with Gasteiger partial charge in [-0.05, 0) is 0 Å². The summed E-state index contributed by atoms with van der Waals surface area (Å²) in [6.07, 6.45) is -1.18. The second-order valence-electron chi connectivity index (χ2n) is 5.65. The van der Waals surface area contributed by atoms with E-state index < -0.39 is 86.2 Å². The van der Waals surface area contributed by atoms with E-state index in [4.69, 9.17) is 16.7 Å². The van der Waals surface area contributed by atoms with Crippen LogP contribution in [0.4, 0.5) is 15.8 Å². The second-order valence-corrected chi connectivity index (χ2v) is 6.03. The number of carbonyl (C=O) groups is 1. The van der Waals surface area contributed by atoms with E-state index in [1.165, 1.54) is 0 Å². The molecule has 29 heavy (non-hydrogen) atoms. The van der Waals surface area contributed by atoms with E-state index in [0.29, 0.717) is 0 Å². The Morgan fingerprint density at radius 2 is 1.41 bits per heavy atom. The Kier molecular flexibility index (Phi) is 5.45. The lowest BCUT2D eigenvalue weighted by atomic mass is 9.99. The number of hydrogen-bond donors (Lipinski definition) is 11. The maximum atomic E-state index is 14.3. The quantitative estimate of drug-likeness (QED) is 0.171. The monoisotopic (exact) mass is 437 g/mol. The molecule has 2 aromatic carbocycles. The van der Waals surface area contributed by atoms with Gasteiger partial charge < -0.3 is 56.4 Å². The Morgan fingerprint density at radius 1 is 0.862 bits per heavy atom. The lowest BCUT2D eigenvalue weighted by Gasteiger charge is -2.23. The summed E-state index contributed by atoms with van der Waals surface area (Å²) >= 11 is 5.65. The highest BCUT2D eigenvalue weighted by atomic mass is 35.5. The van der Waals surface area contributed by atoms with Crippen molar-refractivity contribution < 1.29 is 60.3 Å². The van der Waals surface area contributed by atoms with E-state index in [9.17, 15) is 55.1 Å². The molecule has 0 unspecified atom stereocenters. The molecule has 0 saturated carbocycles. The van der Waals surface area contributed by atoms with Gasteiger partial charge in [-0.25, -0.2) is 4.39 Å². The first-order valence-corrected chi connectivity index (χ1v) is 7.65. The number of aliphatic hydroxyl groups is 3. The number of phenols is 6. The zero-order valence-corrected chi connectivity index (χ0v) is 14.6. The van der Waals surface area contributed by atoms with E-state index in [0.717, 1.165) is 0 Å². The van der Waals surface area contributed by atoms with Crippen LogP contribution in [0.5, 0.6) is 34.5 Å². The number of anilines is 2. The maximum absolute atomic E-state index is 14.3. The van der Waals surface area contributed by atoms with Gasteiger partial charge in [0.05, 0.1) is 12.1 Å². The summed E-state index contributed by atoms with van der Waals surface area (Å²) in [7, 11) is 0. The highest BCUT2D eigenvalue weighted by Crippen LogP contribution is 2.53. The normalized spacial score (nSPS) is 11.5. The Balaban J connectivity index is 2.86. The summed E-state index contributed by atoms with van der Waals surface area (Å²) < 4.78 is 14.3. The van der Waals surface area contributed by atoms with Gasteiger partial charge in [0.15, 0.2) is 28.8 Å². The largest absolute Gasteiger partial charge is 0.507 e. The van der Waals surface area contributed by atoms with E-state index in [1.807, 2.05) is 5.32 Å². The van der Waals surface area contributed by atoms with Crippen molar-refractivity contribution in [3.63, 3.8) is 0 Å². The van der Waals surface area contributed by atoms with E-state index >= 15 is 0 Å². The SMILES string of the molecule is O=C(O)Cc1c(O)c(C(O)(O)O)c(O)c(O)c1Nc1c(F)c(O)c(O)c(O)c1Cl. The average molecular weight is 438 g/mol. The van der Waals surface area contributed by atoms with Crippen molar-refractivity contribution in [3.05, 3.63) is 22.0 Å². The number of aromatic hydroxyl groups is 6. The molecule has 12 nitrogen and oxygen atoms in total. The number of halogens is 2. The van der Waals surface area contributed by atoms with Crippen molar-refractivity contribution in [2.45, 2.75) is 12.4 Å². The first kappa shape index (κ1) is 21.9. The summed E-state index contributed by atoms with van der Waals surface area (Å²) in [5.74, 6) is -15.7. The highest BCUT2D eigenvalue weighted by Gasteiger charge is 2.37. The molecule has 0 heterocycles. The number of carboxylic acid groups (broad SMARTS) is 1. The number of carboxylic acids is 1. The van der Waals surface area contributed by atoms with Crippen molar-refractivity contribution in [2.24, 2.45) is 0 Å². The van der Waals surface area contributed by atoms with Crippen LogP contribution >= 0.6 is 11.6 Å². The molecule has 0 spiro atoms. The lowest BCUT2D eigenvalue weighted by Crippen LogP contribution is -2.25. The summed E-state index contributed by atoms with van der Waals surface area (Å²) in [6, 6.07) is 0. The Morgan fingerprint density at radius 3 is 1.90 bits per heavy atom. The highest BCUT2D eigenvalue weighted by molar-refractivity contribution is 6.35. The number of phenolic OH excluding ortho intramolecular Hbond substituents is 6. The minimum absolute atomic E-state index is 0.896. The first-order valence-electron chi connectivity index (χ1n) is 7.28. The zero-order chi connectivity index (χ0) is 22.4. The van der Waals surface area contributed by atoms with Crippen molar-refractivity contribution in [3.8, 4) is 34.5 Å². The van der Waals surface area contributed by atoms with Gasteiger partial charge in [0.25, 0.3) is 0 Å². The molecule has 11 N–H and O–H groups in total. The van der Waals surface area contributed by atoms with Gasteiger partial charge >= 0.3 is 11.9 Å². The van der Waals surface area contributed by atoms with Crippen LogP contribution in [0.1, 0.15) is 11.1 Å². The smallest absolute Gasteiger partial charge is 0.311 e. The lowest BCUT2D eigenvalue weighted by molar-refractivity contribution is -0.324. The van der Waals surface area contributed by atoms with Gasteiger partial charge in [-0.3, -0.25) is 4.79 Å². The standard InChI is InChI=1S/C15H13ClFNO11/c16-5-8(6(17)12(24)14(26)11(5)23)18-7-2(1-3(19)20)9(21)4(15(27,28)29)10(22)13(7)25/h18,21-29H,1H2,(H,19,20). The number of hydrogen-bond acceptors (Lipinski definition) is 11. The molecule has 14 heteroatoms. The van der Waals surface area contributed by atoms with Crippen LogP contribution in [0.3, 0.4) is 0 Å². The third-order valence-corrected chi connectivity index (χ3v) is 4.11. The van der Waals surface area contributed by atoms with Gasteiger partial charge in [0.1, 0.15) is 22.0 Å². The number of rotatable bonds is 5. The molecule has 0 saturated heterocycles. The molecule has 2 rings (SSSR count). The predicted octanol–water partition coefficient (Wildman–Crippen LogP) is 0.171. The second kappa shape index (κ2) is 7.21. The minimum atomic E-state index is -3.92. The summed E-state index contributed by atoms with van der Waals surface area (Å²) in [4.78, 5) is 11.1. The Hall–Kier alpha value is -3.39. The van der Waals surface area contributed by atoms with Crippen molar-refractivity contribution >= 4 is 28.9 Å². The molecule has 0 aliphatic carbocycles. The minimum Gasteiger partial charge on any atom is -0.507 e. The van der Waals surface area contributed by atoms with Crippen LogP contribution in [0.15, 0.2) is 0 Å². The first-order chi connectivity index (χ1) is 13.2. The van der Waals surface area contributed by atoms with Gasteiger partial charge in [-0.1, -0.05) is 11.6 Å². The summed E-state index contributed by atoms with van der Waals surface area (Å²) in [6.45, 7) is 0. The maximum Gasteiger partial charge on any atom is 0.311 e. The van der Waals surface area contributed by atoms with Gasteiger partial charge in [-0.15, -0.1) is 0 Å². The van der Waals surface area contributed by atoms with Crippen LogP contribution in [0, 0.1) is 5.82 Å². The van der Waals surface area contributed by atoms with Crippen LogP contribution in [-0.2, 0) is 17.2 Å².